The van der Waals surface area contributed by atoms with Crippen molar-refractivity contribution >= 4 is 0 Å². The Hall–Kier alpha value is -0.940. The molecule has 0 aromatic carbocycles. The Bertz CT molecular complexity index is 1740. The average molecular weight is 913 g/mol. The molecule has 0 aromatic rings. The zero-order valence-corrected chi connectivity index (χ0v) is 38.7. The Kier molecular flexibility index (Phi) is 12.5. The van der Waals surface area contributed by atoms with Gasteiger partial charge in [0.2, 0.25) is 0 Å². The lowest BCUT2D eigenvalue weighted by Gasteiger charge is -2.70. The molecule has 25 atom stereocenters. The van der Waals surface area contributed by atoms with Crippen LogP contribution in [0.4, 0.5) is 0 Å². The van der Waals surface area contributed by atoms with Gasteiger partial charge in [-0.3, -0.25) is 0 Å². The van der Waals surface area contributed by atoms with E-state index in [1.807, 2.05) is 6.92 Å². The predicted octanol–water partition coefficient (Wildman–Crippen LogP) is 0.994. The normalized spacial score (nSPS) is 57.8. The maximum absolute atomic E-state index is 12.2. The highest BCUT2D eigenvalue weighted by Gasteiger charge is 2.81. The summed E-state index contributed by atoms with van der Waals surface area (Å²) >= 11 is 0. The minimum Gasteiger partial charge on any atom is -0.394 e. The molecule has 4 saturated carbocycles. The van der Waals surface area contributed by atoms with Crippen molar-refractivity contribution in [2.45, 2.75) is 216 Å². The molecule has 5 aliphatic heterocycles. The lowest BCUT2D eigenvalue weighted by atomic mass is 9.35. The van der Waals surface area contributed by atoms with Gasteiger partial charge in [0.15, 0.2) is 24.7 Å². The van der Waals surface area contributed by atoms with Crippen LogP contribution in [0.25, 0.3) is 0 Å². The monoisotopic (exact) mass is 913 g/mol. The number of ether oxygens (including phenoxy) is 8. The second-order valence-electron chi connectivity index (χ2n) is 23.0. The minimum atomic E-state index is -1.80. The topological polar surface area (TPSA) is 256 Å². The first-order valence-electron chi connectivity index (χ1n) is 23.9. The molecule has 0 amide bonds. The first-order chi connectivity index (χ1) is 29.9. The van der Waals surface area contributed by atoms with Gasteiger partial charge >= 0.3 is 0 Å². The number of aliphatic hydroxyl groups is 9. The van der Waals surface area contributed by atoms with E-state index in [2.05, 4.69) is 47.6 Å². The van der Waals surface area contributed by atoms with Crippen LogP contribution in [0.1, 0.15) is 107 Å². The fourth-order valence-corrected chi connectivity index (χ4v) is 15.7. The standard InChI is InChI=1S/C47H76O17/c1-21(2)15-23-16-45(8,56)38-24-9-10-28-43(6)13-12-29(42(4,5)27(43)11-14-44(28,7)46(24)19-47(38,64-23)58-20-46)61-41-37(63-40-35(55)33(53)32(52)26(17-48)60-40)36(30(50)22(3)59-41)62-39-34(54)31(51)25(49)18-57-39/h15,22-41,48-56H,9-14,16-20H2,1-8H3/t22-,23-,24-,25-,26+,27-,28+,29-,30+,31+,32-,33+,34-,35+,36-,37+,38+,39-,40+,41-,43-,44-,45+,46-,47-/m0/s1. The molecule has 2 bridgehead atoms. The van der Waals surface area contributed by atoms with Crippen LogP contribution >= 0.6 is 0 Å². The number of aliphatic hydroxyl groups excluding tert-OH is 8. The van der Waals surface area contributed by atoms with Gasteiger partial charge in [-0.05, 0) is 100 Å². The van der Waals surface area contributed by atoms with Crippen molar-refractivity contribution in [1.29, 1.82) is 0 Å². The van der Waals surface area contributed by atoms with Crippen LogP contribution in [0.3, 0.4) is 0 Å². The summed E-state index contributed by atoms with van der Waals surface area (Å²) in [5.41, 5.74) is -0.500. The molecule has 64 heavy (non-hydrogen) atoms. The van der Waals surface area contributed by atoms with E-state index in [1.165, 1.54) is 0 Å². The van der Waals surface area contributed by atoms with Crippen molar-refractivity contribution in [2.24, 2.45) is 45.3 Å². The van der Waals surface area contributed by atoms with Gasteiger partial charge < -0.3 is 83.9 Å². The van der Waals surface area contributed by atoms with Gasteiger partial charge in [-0.25, -0.2) is 0 Å². The molecule has 17 heteroatoms. The highest BCUT2D eigenvalue weighted by Crippen LogP contribution is 2.80. The van der Waals surface area contributed by atoms with Crippen molar-refractivity contribution in [1.82, 2.24) is 0 Å². The van der Waals surface area contributed by atoms with Crippen molar-refractivity contribution < 1.29 is 83.9 Å². The van der Waals surface area contributed by atoms with Gasteiger partial charge in [-0.15, -0.1) is 0 Å². The molecule has 9 N–H and O–H groups in total. The summed E-state index contributed by atoms with van der Waals surface area (Å²) in [4.78, 5) is 0. The van der Waals surface area contributed by atoms with Gasteiger partial charge in [0.1, 0.15) is 61.0 Å². The van der Waals surface area contributed by atoms with E-state index in [1.54, 1.807) is 6.92 Å². The van der Waals surface area contributed by atoms with Crippen LogP contribution in [-0.2, 0) is 37.9 Å². The largest absolute Gasteiger partial charge is 0.394 e. The zero-order chi connectivity index (χ0) is 46.3. The lowest BCUT2D eigenvalue weighted by molar-refractivity contribution is -0.394. The Labute approximate surface area is 376 Å². The Morgan fingerprint density at radius 1 is 0.734 bits per heavy atom. The second kappa shape index (κ2) is 16.6. The Morgan fingerprint density at radius 2 is 1.44 bits per heavy atom. The van der Waals surface area contributed by atoms with Gasteiger partial charge in [0.05, 0.1) is 43.7 Å². The van der Waals surface area contributed by atoms with Crippen LogP contribution in [0.2, 0.25) is 0 Å². The van der Waals surface area contributed by atoms with Gasteiger partial charge in [-0.1, -0.05) is 39.3 Å². The first kappa shape index (κ1) is 48.1. The molecule has 366 valence electrons. The SMILES string of the molecule is CC(C)=C[C@H]1C[C@@](C)(O)[C@H]2[C@@H]3CC[C@@H]4[C@@]5(C)CC[C@H](O[C@@H]6O[C@@H](C)[C@@H](O)[C@H](O[C@@H]7OC[C@H](O)[C@@H](O)[C@@H]7O)[C@H]6O[C@H]6O[C@H](CO)[C@H](O)[C@@H](O)[C@H]6O)C(C)(C)[C@@H]5CC[C@]4(C)[C@@]34CO[C@@]2(C4)O1. The number of rotatable bonds is 8. The molecule has 17 nitrogen and oxygen atoms in total. The highest BCUT2D eigenvalue weighted by molar-refractivity contribution is 5.26. The molecule has 5 saturated heterocycles. The van der Waals surface area contributed by atoms with Crippen LogP contribution < -0.4 is 0 Å². The molecule has 9 aliphatic rings. The first-order valence-corrected chi connectivity index (χ1v) is 23.9. The summed E-state index contributed by atoms with van der Waals surface area (Å²) in [6.45, 7) is 16.7. The van der Waals surface area contributed by atoms with Gasteiger partial charge in [0, 0.05) is 24.2 Å². The molecule has 0 unspecified atom stereocenters. The van der Waals surface area contributed by atoms with Crippen LogP contribution in [-0.4, -0.2) is 175 Å². The molecule has 0 radical (unpaired) electrons. The fourth-order valence-electron chi connectivity index (χ4n) is 15.7. The van der Waals surface area contributed by atoms with E-state index >= 15 is 0 Å². The average Bonchev–Trinajstić information content (AvgIpc) is 3.74. The summed E-state index contributed by atoms with van der Waals surface area (Å²) in [6, 6.07) is 0. The summed E-state index contributed by atoms with van der Waals surface area (Å²) in [5, 5.41) is 97.6. The van der Waals surface area contributed by atoms with Gasteiger partial charge in [0.25, 0.3) is 0 Å². The highest BCUT2D eigenvalue weighted by atomic mass is 16.8. The van der Waals surface area contributed by atoms with Crippen molar-refractivity contribution in [3.63, 3.8) is 0 Å². The maximum Gasteiger partial charge on any atom is 0.187 e. The Morgan fingerprint density at radius 3 is 2.14 bits per heavy atom. The van der Waals surface area contributed by atoms with Crippen molar-refractivity contribution in [3.8, 4) is 0 Å². The molecular formula is C47H76O17. The smallest absolute Gasteiger partial charge is 0.187 e. The Balaban J connectivity index is 0.985. The number of hydrogen-bond acceptors (Lipinski definition) is 17. The van der Waals surface area contributed by atoms with E-state index in [9.17, 15) is 46.0 Å². The number of hydrogen-bond donors (Lipinski definition) is 9. The summed E-state index contributed by atoms with van der Waals surface area (Å²) < 4.78 is 51.1. The molecule has 9 rings (SSSR count). The third kappa shape index (κ3) is 7.19. The minimum absolute atomic E-state index is 0.0699. The third-order valence-corrected chi connectivity index (χ3v) is 18.7. The molecular weight excluding hydrogens is 836 g/mol. The number of fused-ring (bicyclic) bond motifs is 4. The number of allylic oxidation sites excluding steroid dienone is 1. The lowest BCUT2D eigenvalue weighted by Crippen LogP contribution is -2.68. The van der Waals surface area contributed by atoms with E-state index in [-0.39, 0.29) is 46.7 Å². The molecule has 9 fully saturated rings. The third-order valence-electron chi connectivity index (χ3n) is 18.7. The van der Waals surface area contributed by atoms with Crippen LogP contribution in [0.15, 0.2) is 11.6 Å². The predicted molar refractivity (Wildman–Crippen MR) is 223 cm³/mol. The summed E-state index contributed by atoms with van der Waals surface area (Å²) in [6.07, 6.45) is -12.6. The zero-order valence-electron chi connectivity index (χ0n) is 38.7. The van der Waals surface area contributed by atoms with Crippen LogP contribution in [0, 0.1) is 45.3 Å². The van der Waals surface area contributed by atoms with E-state index in [0.29, 0.717) is 25.4 Å². The second-order valence-corrected chi connectivity index (χ2v) is 23.0. The molecule has 0 aromatic heterocycles. The molecule has 2 spiro atoms. The summed E-state index contributed by atoms with van der Waals surface area (Å²) in [7, 11) is 0. The maximum atomic E-state index is 12.2. The van der Waals surface area contributed by atoms with Crippen LogP contribution in [0.5, 0.6) is 0 Å². The van der Waals surface area contributed by atoms with E-state index in [0.717, 1.165) is 44.1 Å². The quantitative estimate of drug-likeness (QED) is 0.122. The van der Waals surface area contributed by atoms with E-state index in [4.69, 9.17) is 37.9 Å². The fraction of sp³-hybridized carbons (Fsp3) is 0.957. The molecule has 4 aliphatic carbocycles. The summed E-state index contributed by atoms with van der Waals surface area (Å²) in [5.74, 6) is -0.0565. The van der Waals surface area contributed by atoms with E-state index < -0.39 is 116 Å². The van der Waals surface area contributed by atoms with Gasteiger partial charge in [-0.2, -0.15) is 0 Å². The van der Waals surface area contributed by atoms with Crippen molar-refractivity contribution in [2.75, 3.05) is 19.8 Å². The molecule has 5 heterocycles. The van der Waals surface area contributed by atoms with Crippen molar-refractivity contribution in [3.05, 3.63) is 11.6 Å².